The maximum Gasteiger partial charge on any atom is 0.210 e. The van der Waals surface area contributed by atoms with Crippen LogP contribution in [0, 0.1) is 5.41 Å². The van der Waals surface area contributed by atoms with E-state index in [0.717, 1.165) is 35.5 Å². The third-order valence-corrected chi connectivity index (χ3v) is 5.78. The van der Waals surface area contributed by atoms with E-state index in [-0.39, 0.29) is 11.5 Å². The van der Waals surface area contributed by atoms with Gasteiger partial charge in [-0.1, -0.05) is 38.4 Å². The van der Waals surface area contributed by atoms with Gasteiger partial charge in [0.1, 0.15) is 0 Å². The number of nitrogens with zero attached hydrogens (tertiary/aromatic N) is 2. The molecule has 1 aromatic carbocycles. The molecule has 0 saturated carbocycles. The number of amides is 1. The Balaban J connectivity index is 2.18. The topological polar surface area (TPSA) is 23.6 Å². The summed E-state index contributed by atoms with van der Waals surface area (Å²) in [6.45, 7) is 11.4. The predicted octanol–water partition coefficient (Wildman–Crippen LogP) is 4.35. The Morgan fingerprint density at radius 3 is 2.59 bits per heavy atom. The summed E-state index contributed by atoms with van der Waals surface area (Å²) < 4.78 is 0.928. The molecule has 5 heteroatoms. The fourth-order valence-electron chi connectivity index (χ4n) is 3.05. The molecule has 0 radical (unpaired) electrons. The second kappa shape index (κ2) is 6.90. The minimum Gasteiger partial charge on any atom is -0.339 e. The normalized spacial score (nSPS) is 21.7. The molecule has 1 aromatic rings. The molecule has 3 nitrogen and oxygen atoms in total. The summed E-state index contributed by atoms with van der Waals surface area (Å²) >= 11 is 9.58. The molecule has 0 aliphatic carbocycles. The number of hydrogen-bond donors (Lipinski definition) is 0. The Hall–Kier alpha value is -0.580. The molecule has 1 aliphatic rings. The van der Waals surface area contributed by atoms with Crippen molar-refractivity contribution in [3.8, 4) is 0 Å². The molecule has 0 spiro atoms. The van der Waals surface area contributed by atoms with Crippen LogP contribution in [0.3, 0.4) is 0 Å². The van der Waals surface area contributed by atoms with Crippen molar-refractivity contribution in [2.75, 3.05) is 19.6 Å². The van der Waals surface area contributed by atoms with E-state index in [9.17, 15) is 4.79 Å². The van der Waals surface area contributed by atoms with Gasteiger partial charge in [-0.3, -0.25) is 9.69 Å². The van der Waals surface area contributed by atoms with Crippen molar-refractivity contribution in [2.45, 2.75) is 39.8 Å². The molecule has 122 valence electrons. The van der Waals surface area contributed by atoms with Gasteiger partial charge >= 0.3 is 0 Å². The Bertz CT molecular complexity index is 544. The second-order valence-electron chi connectivity index (χ2n) is 7.07. The lowest BCUT2D eigenvalue weighted by atomic mass is 9.84. The van der Waals surface area contributed by atoms with Gasteiger partial charge in [-0.15, -0.1) is 0 Å². The first-order chi connectivity index (χ1) is 10.2. The van der Waals surface area contributed by atoms with Crippen LogP contribution in [0.4, 0.5) is 0 Å². The van der Waals surface area contributed by atoms with Gasteiger partial charge in [0.05, 0.1) is 5.02 Å². The number of piperazine rings is 1. The van der Waals surface area contributed by atoms with Gasteiger partial charge in [0, 0.05) is 36.2 Å². The Kier molecular flexibility index (Phi) is 5.57. The highest BCUT2D eigenvalue weighted by Crippen LogP contribution is 2.32. The summed E-state index contributed by atoms with van der Waals surface area (Å²) in [5.74, 6) is 0. The molecule has 1 amide bonds. The van der Waals surface area contributed by atoms with Crippen LogP contribution < -0.4 is 0 Å². The summed E-state index contributed by atoms with van der Waals surface area (Å²) in [4.78, 5) is 15.7. The fourth-order valence-corrected chi connectivity index (χ4v) is 3.56. The summed E-state index contributed by atoms with van der Waals surface area (Å²) in [6, 6.07) is 6.63. The Labute approximate surface area is 146 Å². The van der Waals surface area contributed by atoms with E-state index in [1.54, 1.807) is 0 Å². The van der Waals surface area contributed by atoms with Crippen molar-refractivity contribution < 1.29 is 4.79 Å². The quantitative estimate of drug-likeness (QED) is 0.720. The van der Waals surface area contributed by atoms with Gasteiger partial charge in [-0.25, -0.2) is 0 Å². The lowest BCUT2D eigenvalue weighted by Gasteiger charge is -2.47. The molecule has 1 fully saturated rings. The molecule has 1 aliphatic heterocycles. The third-order valence-electron chi connectivity index (χ3n) is 4.56. The van der Waals surface area contributed by atoms with Gasteiger partial charge in [0.15, 0.2) is 0 Å². The summed E-state index contributed by atoms with van der Waals surface area (Å²) in [6.07, 6.45) is 0.997. The minimum absolute atomic E-state index is 0.0693. The SMILES string of the molecule is CC(c1ccc(Cl)c(Br)c1)N1CCN(C=O)C(C(C)(C)C)C1. The van der Waals surface area contributed by atoms with E-state index in [1.807, 2.05) is 11.0 Å². The van der Waals surface area contributed by atoms with Crippen molar-refractivity contribution in [1.82, 2.24) is 9.80 Å². The maximum absolute atomic E-state index is 11.3. The largest absolute Gasteiger partial charge is 0.339 e. The molecule has 2 rings (SSSR count). The van der Waals surface area contributed by atoms with Gasteiger partial charge < -0.3 is 4.90 Å². The number of carbonyl (C=O) groups excluding carboxylic acids is 1. The number of halogens is 2. The average Bonchev–Trinajstić information content (AvgIpc) is 2.47. The Morgan fingerprint density at radius 1 is 1.36 bits per heavy atom. The lowest BCUT2D eigenvalue weighted by Crippen LogP contribution is -2.57. The number of benzene rings is 1. The third kappa shape index (κ3) is 3.84. The minimum atomic E-state index is 0.0693. The zero-order valence-electron chi connectivity index (χ0n) is 13.6. The van der Waals surface area contributed by atoms with Crippen molar-refractivity contribution in [1.29, 1.82) is 0 Å². The van der Waals surface area contributed by atoms with Gasteiger partial charge in [-0.05, 0) is 46.0 Å². The standard InChI is InChI=1S/C17H24BrClN2O/c1-12(13-5-6-15(19)14(18)9-13)20-7-8-21(11-22)16(10-20)17(2,3)4/h5-6,9,11-12,16H,7-8,10H2,1-4H3. The Morgan fingerprint density at radius 2 is 2.05 bits per heavy atom. The summed E-state index contributed by atoms with van der Waals surface area (Å²) in [5.41, 5.74) is 1.31. The molecule has 1 heterocycles. The van der Waals surface area contributed by atoms with Crippen LogP contribution >= 0.6 is 27.5 Å². The molecular weight excluding hydrogens is 364 g/mol. The molecule has 2 unspecified atom stereocenters. The number of rotatable bonds is 3. The first kappa shape index (κ1) is 17.8. The fraction of sp³-hybridized carbons (Fsp3) is 0.588. The van der Waals surface area contributed by atoms with Crippen molar-refractivity contribution in [3.05, 3.63) is 33.3 Å². The predicted molar refractivity (Wildman–Crippen MR) is 95.2 cm³/mol. The van der Waals surface area contributed by atoms with Crippen molar-refractivity contribution in [3.63, 3.8) is 0 Å². The van der Waals surface area contributed by atoms with Crippen molar-refractivity contribution >= 4 is 33.9 Å². The van der Waals surface area contributed by atoms with E-state index in [1.165, 1.54) is 5.56 Å². The summed E-state index contributed by atoms with van der Waals surface area (Å²) in [7, 11) is 0. The number of hydrogen-bond acceptors (Lipinski definition) is 2. The van der Waals surface area contributed by atoms with Crippen LogP contribution in [-0.2, 0) is 4.79 Å². The van der Waals surface area contributed by atoms with Crippen LogP contribution in [-0.4, -0.2) is 41.9 Å². The zero-order chi connectivity index (χ0) is 16.5. The van der Waals surface area contributed by atoms with Crippen LogP contribution in [0.5, 0.6) is 0 Å². The zero-order valence-corrected chi connectivity index (χ0v) is 16.0. The first-order valence-electron chi connectivity index (χ1n) is 7.64. The van der Waals surface area contributed by atoms with Crippen LogP contribution in [0.1, 0.15) is 39.3 Å². The molecule has 0 bridgehead atoms. The van der Waals surface area contributed by atoms with Crippen LogP contribution in [0.25, 0.3) is 0 Å². The smallest absolute Gasteiger partial charge is 0.210 e. The number of carbonyl (C=O) groups is 1. The highest BCUT2D eigenvalue weighted by atomic mass is 79.9. The monoisotopic (exact) mass is 386 g/mol. The average molecular weight is 388 g/mol. The first-order valence-corrected chi connectivity index (χ1v) is 8.81. The highest BCUT2D eigenvalue weighted by Gasteiger charge is 2.36. The molecule has 1 saturated heterocycles. The molecule has 2 atom stereocenters. The van der Waals surface area contributed by atoms with E-state index in [0.29, 0.717) is 6.04 Å². The van der Waals surface area contributed by atoms with Crippen LogP contribution in [0.15, 0.2) is 22.7 Å². The van der Waals surface area contributed by atoms with Gasteiger partial charge in [0.2, 0.25) is 6.41 Å². The van der Waals surface area contributed by atoms with Crippen molar-refractivity contribution in [2.24, 2.45) is 5.41 Å². The van der Waals surface area contributed by atoms with E-state index in [2.05, 4.69) is 60.7 Å². The molecular formula is C17H24BrClN2O. The molecule has 0 aromatic heterocycles. The van der Waals surface area contributed by atoms with Crippen LogP contribution in [0.2, 0.25) is 5.02 Å². The van der Waals surface area contributed by atoms with E-state index in [4.69, 9.17) is 11.6 Å². The maximum atomic E-state index is 11.3. The molecule has 0 N–H and O–H groups in total. The van der Waals surface area contributed by atoms with E-state index < -0.39 is 0 Å². The van der Waals surface area contributed by atoms with Gasteiger partial charge in [-0.2, -0.15) is 0 Å². The molecule has 22 heavy (non-hydrogen) atoms. The highest BCUT2D eigenvalue weighted by molar-refractivity contribution is 9.10. The second-order valence-corrected chi connectivity index (χ2v) is 8.33. The van der Waals surface area contributed by atoms with Gasteiger partial charge in [0.25, 0.3) is 0 Å². The lowest BCUT2D eigenvalue weighted by molar-refractivity contribution is -0.126. The van der Waals surface area contributed by atoms with E-state index >= 15 is 0 Å². The summed E-state index contributed by atoms with van der Waals surface area (Å²) in [5, 5.41) is 0.731.